The SMILES string of the molecule is CCc1c(C(=O)NCCCCCCC(=O)O)cnn1-c1ccc(F)cc1. The summed E-state index contributed by atoms with van der Waals surface area (Å²) < 4.78 is 14.7. The summed E-state index contributed by atoms with van der Waals surface area (Å²) in [5, 5.41) is 15.7. The van der Waals surface area contributed by atoms with Crippen molar-refractivity contribution in [3.05, 3.63) is 47.5 Å². The van der Waals surface area contributed by atoms with E-state index in [1.807, 2.05) is 6.92 Å². The second kappa shape index (κ2) is 9.70. The molecule has 0 atom stereocenters. The molecular formula is C19H24FN3O3. The molecule has 0 fully saturated rings. The van der Waals surface area contributed by atoms with Gasteiger partial charge in [-0.05, 0) is 43.5 Å². The van der Waals surface area contributed by atoms with Crippen molar-refractivity contribution in [1.29, 1.82) is 0 Å². The van der Waals surface area contributed by atoms with Crippen LogP contribution < -0.4 is 5.32 Å². The molecule has 26 heavy (non-hydrogen) atoms. The van der Waals surface area contributed by atoms with Crippen molar-refractivity contribution >= 4 is 11.9 Å². The first-order valence-corrected chi connectivity index (χ1v) is 8.85. The van der Waals surface area contributed by atoms with Crippen molar-refractivity contribution in [3.63, 3.8) is 0 Å². The van der Waals surface area contributed by atoms with E-state index in [-0.39, 0.29) is 18.1 Å². The third kappa shape index (κ3) is 5.40. The van der Waals surface area contributed by atoms with Crippen LogP contribution in [-0.4, -0.2) is 33.3 Å². The van der Waals surface area contributed by atoms with Gasteiger partial charge >= 0.3 is 5.97 Å². The number of carboxylic acids is 1. The lowest BCUT2D eigenvalue weighted by Crippen LogP contribution is -2.25. The topological polar surface area (TPSA) is 84.2 Å². The lowest BCUT2D eigenvalue weighted by atomic mass is 10.1. The molecule has 7 heteroatoms. The van der Waals surface area contributed by atoms with Crippen LogP contribution >= 0.6 is 0 Å². The molecule has 0 bridgehead atoms. The van der Waals surface area contributed by atoms with E-state index in [1.54, 1.807) is 16.8 Å². The maximum atomic E-state index is 13.1. The number of carbonyl (C=O) groups is 2. The second-order valence-corrected chi connectivity index (χ2v) is 6.06. The summed E-state index contributed by atoms with van der Waals surface area (Å²) in [6.45, 7) is 2.48. The number of aliphatic carboxylic acids is 1. The third-order valence-corrected chi connectivity index (χ3v) is 4.12. The number of benzene rings is 1. The number of nitrogens with one attached hydrogen (secondary N) is 1. The molecule has 0 unspecified atom stereocenters. The number of nitrogens with zero attached hydrogens (tertiary/aromatic N) is 2. The van der Waals surface area contributed by atoms with E-state index >= 15 is 0 Å². The van der Waals surface area contributed by atoms with Gasteiger partial charge in [-0.2, -0.15) is 5.10 Å². The number of hydrogen-bond donors (Lipinski definition) is 2. The Hall–Kier alpha value is -2.70. The van der Waals surface area contributed by atoms with Gasteiger partial charge in [0.25, 0.3) is 5.91 Å². The molecular weight excluding hydrogens is 337 g/mol. The number of unbranched alkanes of at least 4 members (excludes halogenated alkanes) is 3. The number of aromatic nitrogens is 2. The Morgan fingerprint density at radius 2 is 1.85 bits per heavy atom. The summed E-state index contributed by atoms with van der Waals surface area (Å²) in [7, 11) is 0. The fourth-order valence-corrected chi connectivity index (χ4v) is 2.76. The van der Waals surface area contributed by atoms with Gasteiger partial charge in [0.2, 0.25) is 0 Å². The Balaban J connectivity index is 1.89. The molecule has 0 aliphatic carbocycles. The van der Waals surface area contributed by atoms with E-state index in [0.717, 1.165) is 25.0 Å². The second-order valence-electron chi connectivity index (χ2n) is 6.06. The lowest BCUT2D eigenvalue weighted by Gasteiger charge is -2.08. The Kier molecular flexibility index (Phi) is 7.32. The number of amides is 1. The highest BCUT2D eigenvalue weighted by molar-refractivity contribution is 5.95. The zero-order valence-electron chi connectivity index (χ0n) is 14.9. The normalized spacial score (nSPS) is 10.7. The first kappa shape index (κ1) is 19.6. The fourth-order valence-electron chi connectivity index (χ4n) is 2.76. The van der Waals surface area contributed by atoms with Crippen LogP contribution in [0, 0.1) is 5.82 Å². The Morgan fingerprint density at radius 1 is 1.15 bits per heavy atom. The molecule has 0 spiro atoms. The van der Waals surface area contributed by atoms with E-state index in [0.29, 0.717) is 30.6 Å². The van der Waals surface area contributed by atoms with Crippen LogP contribution in [0.15, 0.2) is 30.5 Å². The van der Waals surface area contributed by atoms with Gasteiger partial charge in [-0.1, -0.05) is 19.8 Å². The number of carboxylic acid groups (broad SMARTS) is 1. The van der Waals surface area contributed by atoms with E-state index in [2.05, 4.69) is 10.4 Å². The zero-order valence-corrected chi connectivity index (χ0v) is 14.9. The molecule has 2 N–H and O–H groups in total. The van der Waals surface area contributed by atoms with Crippen molar-refractivity contribution in [1.82, 2.24) is 15.1 Å². The molecule has 0 aliphatic rings. The van der Waals surface area contributed by atoms with Crippen LogP contribution in [0.3, 0.4) is 0 Å². The maximum Gasteiger partial charge on any atom is 0.303 e. The van der Waals surface area contributed by atoms with E-state index in [9.17, 15) is 14.0 Å². The van der Waals surface area contributed by atoms with Crippen molar-refractivity contribution in [3.8, 4) is 5.69 Å². The summed E-state index contributed by atoms with van der Waals surface area (Å²) >= 11 is 0. The highest BCUT2D eigenvalue weighted by Crippen LogP contribution is 2.16. The van der Waals surface area contributed by atoms with Crippen molar-refractivity contribution < 1.29 is 19.1 Å². The molecule has 0 saturated heterocycles. The lowest BCUT2D eigenvalue weighted by molar-refractivity contribution is -0.137. The summed E-state index contributed by atoms with van der Waals surface area (Å²) in [4.78, 5) is 22.8. The minimum Gasteiger partial charge on any atom is -0.481 e. The van der Waals surface area contributed by atoms with Crippen LogP contribution in [0.2, 0.25) is 0 Å². The van der Waals surface area contributed by atoms with Crippen LogP contribution in [0.4, 0.5) is 4.39 Å². The van der Waals surface area contributed by atoms with Gasteiger partial charge in [0, 0.05) is 13.0 Å². The van der Waals surface area contributed by atoms with Gasteiger partial charge in [0.1, 0.15) is 5.82 Å². The first-order valence-electron chi connectivity index (χ1n) is 8.85. The van der Waals surface area contributed by atoms with E-state index < -0.39 is 5.97 Å². The van der Waals surface area contributed by atoms with Gasteiger partial charge in [-0.3, -0.25) is 9.59 Å². The molecule has 2 aromatic rings. The monoisotopic (exact) mass is 361 g/mol. The number of rotatable bonds is 10. The highest BCUT2D eigenvalue weighted by atomic mass is 19.1. The minimum absolute atomic E-state index is 0.180. The highest BCUT2D eigenvalue weighted by Gasteiger charge is 2.16. The molecule has 6 nitrogen and oxygen atoms in total. The standard InChI is InChI=1S/C19H24FN3O3/c1-2-17-16(13-22-23(17)15-10-8-14(20)9-11-15)19(26)21-12-6-4-3-5-7-18(24)25/h8-11,13H,2-7,12H2,1H3,(H,21,26)(H,24,25). The molecule has 0 saturated carbocycles. The third-order valence-electron chi connectivity index (χ3n) is 4.12. The molecule has 1 aromatic carbocycles. The summed E-state index contributed by atoms with van der Waals surface area (Å²) in [5.41, 5.74) is 2.00. The smallest absolute Gasteiger partial charge is 0.303 e. The molecule has 140 valence electrons. The Morgan fingerprint density at radius 3 is 2.50 bits per heavy atom. The summed E-state index contributed by atoms with van der Waals surface area (Å²) in [6.07, 6.45) is 5.52. The zero-order chi connectivity index (χ0) is 18.9. The average Bonchev–Trinajstić information content (AvgIpc) is 3.05. The van der Waals surface area contributed by atoms with Gasteiger partial charge in [0.05, 0.1) is 23.1 Å². The molecule has 0 radical (unpaired) electrons. The predicted octanol–water partition coefficient (Wildman–Crippen LogP) is 3.34. The minimum atomic E-state index is -0.774. The van der Waals surface area contributed by atoms with Gasteiger partial charge in [-0.25, -0.2) is 9.07 Å². The molecule has 1 aromatic heterocycles. The van der Waals surface area contributed by atoms with Crippen molar-refractivity contribution in [2.45, 2.75) is 45.4 Å². The van der Waals surface area contributed by atoms with Crippen LogP contribution in [0.5, 0.6) is 0 Å². The summed E-state index contributed by atoms with van der Waals surface area (Å²) in [6, 6.07) is 5.97. The van der Waals surface area contributed by atoms with Crippen LogP contribution in [0.25, 0.3) is 5.69 Å². The van der Waals surface area contributed by atoms with Crippen LogP contribution in [0.1, 0.15) is 55.1 Å². The largest absolute Gasteiger partial charge is 0.481 e. The van der Waals surface area contributed by atoms with Gasteiger partial charge < -0.3 is 10.4 Å². The van der Waals surface area contributed by atoms with E-state index in [4.69, 9.17) is 5.11 Å². The fraction of sp³-hybridized carbons (Fsp3) is 0.421. The number of carbonyl (C=O) groups excluding carboxylic acids is 1. The van der Waals surface area contributed by atoms with Crippen LogP contribution in [-0.2, 0) is 11.2 Å². The van der Waals surface area contributed by atoms with Crippen molar-refractivity contribution in [2.75, 3.05) is 6.54 Å². The predicted molar refractivity (Wildman–Crippen MR) is 96.0 cm³/mol. The average molecular weight is 361 g/mol. The quantitative estimate of drug-likeness (QED) is 0.636. The Bertz CT molecular complexity index is 741. The molecule has 1 heterocycles. The first-order chi connectivity index (χ1) is 12.5. The number of halogens is 1. The maximum absolute atomic E-state index is 13.1. The Labute approximate surface area is 152 Å². The van der Waals surface area contributed by atoms with E-state index in [1.165, 1.54) is 18.3 Å². The molecule has 2 rings (SSSR count). The van der Waals surface area contributed by atoms with Gasteiger partial charge in [0.15, 0.2) is 0 Å². The molecule has 0 aliphatic heterocycles. The summed E-state index contributed by atoms with van der Waals surface area (Å²) in [5.74, 6) is -1.27. The number of hydrogen-bond acceptors (Lipinski definition) is 3. The van der Waals surface area contributed by atoms with Crippen molar-refractivity contribution in [2.24, 2.45) is 0 Å². The molecule has 1 amide bonds. The van der Waals surface area contributed by atoms with Gasteiger partial charge in [-0.15, -0.1) is 0 Å².